The first-order valence-corrected chi connectivity index (χ1v) is 14.7. The molecule has 0 unspecified atom stereocenters. The van der Waals surface area contributed by atoms with Crippen molar-refractivity contribution in [1.29, 1.82) is 0 Å². The Balaban J connectivity index is 1.30. The van der Waals surface area contributed by atoms with E-state index in [0.717, 1.165) is 5.56 Å². The van der Waals surface area contributed by atoms with Crippen LogP contribution in [0.25, 0.3) is 11.0 Å². The Morgan fingerprint density at radius 3 is 2.61 bits per heavy atom. The minimum absolute atomic E-state index is 0.0314. The van der Waals surface area contributed by atoms with Gasteiger partial charge in [-0.1, -0.05) is 54.1 Å². The number of hydrogen-bond donors (Lipinski definition) is 2. The number of nitrogens with zero attached hydrogens (tertiary/aromatic N) is 2. The molecule has 9 nitrogen and oxygen atoms in total. The maximum absolute atomic E-state index is 14.3. The number of anilines is 1. The first-order valence-electron chi connectivity index (χ1n) is 14.3. The van der Waals surface area contributed by atoms with Crippen LogP contribution in [0.2, 0.25) is 5.02 Å². The Bertz CT molecular complexity index is 1670. The van der Waals surface area contributed by atoms with Crippen LogP contribution in [0.1, 0.15) is 44.7 Å². The number of halogens is 2. The van der Waals surface area contributed by atoms with Gasteiger partial charge < -0.3 is 24.7 Å². The van der Waals surface area contributed by atoms with Crippen LogP contribution >= 0.6 is 11.6 Å². The lowest BCUT2D eigenvalue weighted by atomic mass is 10.1. The van der Waals surface area contributed by atoms with Crippen molar-refractivity contribution < 1.29 is 27.9 Å². The van der Waals surface area contributed by atoms with E-state index >= 15 is 0 Å². The number of hydrogen-bond acceptors (Lipinski definition) is 5. The van der Waals surface area contributed by atoms with Crippen molar-refractivity contribution in [1.82, 2.24) is 15.1 Å². The summed E-state index contributed by atoms with van der Waals surface area (Å²) < 4.78 is 25.8. The van der Waals surface area contributed by atoms with Crippen molar-refractivity contribution in [3.8, 4) is 5.75 Å². The number of furan rings is 1. The Morgan fingerprint density at radius 2 is 1.86 bits per heavy atom. The molecule has 0 spiro atoms. The van der Waals surface area contributed by atoms with E-state index in [9.17, 15) is 18.8 Å². The Kier molecular flexibility index (Phi) is 9.10. The van der Waals surface area contributed by atoms with Crippen molar-refractivity contribution in [2.45, 2.75) is 58.3 Å². The van der Waals surface area contributed by atoms with Gasteiger partial charge in [0.2, 0.25) is 5.91 Å². The Morgan fingerprint density at radius 1 is 1.09 bits per heavy atom. The summed E-state index contributed by atoms with van der Waals surface area (Å²) in [6.07, 6.45) is 2.00. The summed E-state index contributed by atoms with van der Waals surface area (Å²) in [5.74, 6) is -0.778. The third-order valence-electron chi connectivity index (χ3n) is 7.49. The van der Waals surface area contributed by atoms with Gasteiger partial charge in [0.1, 0.15) is 23.2 Å². The molecule has 230 valence electrons. The standard InChI is InChI=1S/C33H34ClFN4O5/c1-33(2,3)39(20-21-9-5-4-6-10-21)32(42)44-28-18-23(17-27-24(28)14-16-43-27)37-30(40)26-13-8-15-38(26)31(41)36-19-22-11-7-12-25(34)29(22)35/h4-7,9-12,14,16-18,26H,8,13,15,19-20H2,1-3H3,(H,36,41)(H,37,40)/t26-/m0/s1. The highest BCUT2D eigenvalue weighted by atomic mass is 35.5. The number of carbonyl (C=O) groups excluding carboxylic acids is 3. The van der Waals surface area contributed by atoms with E-state index in [1.54, 1.807) is 29.2 Å². The van der Waals surface area contributed by atoms with E-state index in [0.29, 0.717) is 42.6 Å². The third-order valence-corrected chi connectivity index (χ3v) is 7.78. The van der Waals surface area contributed by atoms with Gasteiger partial charge >= 0.3 is 12.1 Å². The molecule has 1 aliphatic rings. The molecule has 0 bridgehead atoms. The normalized spacial score (nSPS) is 14.8. The number of benzene rings is 3. The zero-order chi connectivity index (χ0) is 31.4. The summed E-state index contributed by atoms with van der Waals surface area (Å²) in [7, 11) is 0. The topological polar surface area (TPSA) is 104 Å². The van der Waals surface area contributed by atoms with Gasteiger partial charge in [0.15, 0.2) is 0 Å². The lowest BCUT2D eigenvalue weighted by Gasteiger charge is -2.34. The minimum Gasteiger partial charge on any atom is -0.464 e. The SMILES string of the molecule is CC(C)(C)N(Cc1ccccc1)C(=O)Oc1cc(NC(=O)[C@@H]2CCCN2C(=O)NCc2cccc(Cl)c2F)cc2occc12. The van der Waals surface area contributed by atoms with Gasteiger partial charge in [-0.15, -0.1) is 0 Å². The monoisotopic (exact) mass is 620 g/mol. The molecule has 0 saturated carbocycles. The fourth-order valence-electron chi connectivity index (χ4n) is 5.15. The molecule has 1 aromatic heterocycles. The highest BCUT2D eigenvalue weighted by molar-refractivity contribution is 6.30. The molecule has 1 fully saturated rings. The first-order chi connectivity index (χ1) is 21.0. The van der Waals surface area contributed by atoms with Crippen LogP contribution in [-0.2, 0) is 17.9 Å². The largest absolute Gasteiger partial charge is 0.464 e. The van der Waals surface area contributed by atoms with E-state index in [1.165, 1.54) is 23.3 Å². The summed E-state index contributed by atoms with van der Waals surface area (Å²) in [4.78, 5) is 42.9. The fourth-order valence-corrected chi connectivity index (χ4v) is 5.34. The molecule has 2 N–H and O–H groups in total. The van der Waals surface area contributed by atoms with Crippen LogP contribution in [0.4, 0.5) is 19.7 Å². The van der Waals surface area contributed by atoms with E-state index in [4.69, 9.17) is 20.8 Å². The van der Waals surface area contributed by atoms with Crippen molar-refractivity contribution in [2.75, 3.05) is 11.9 Å². The second-order valence-electron chi connectivity index (χ2n) is 11.6. The lowest BCUT2D eigenvalue weighted by Crippen LogP contribution is -2.47. The zero-order valence-corrected chi connectivity index (χ0v) is 25.5. The van der Waals surface area contributed by atoms with Crippen LogP contribution < -0.4 is 15.4 Å². The van der Waals surface area contributed by atoms with Crippen molar-refractivity contribution in [2.24, 2.45) is 0 Å². The highest BCUT2D eigenvalue weighted by Crippen LogP contribution is 2.33. The molecule has 0 radical (unpaired) electrons. The second kappa shape index (κ2) is 13.0. The number of likely N-dealkylation sites (tertiary alicyclic amines) is 1. The molecule has 11 heteroatoms. The van der Waals surface area contributed by atoms with Gasteiger partial charge in [0.05, 0.1) is 16.7 Å². The quantitative estimate of drug-likeness (QED) is 0.225. The average molecular weight is 621 g/mol. The predicted octanol–water partition coefficient (Wildman–Crippen LogP) is 7.34. The first kappa shape index (κ1) is 30.9. The average Bonchev–Trinajstić information content (AvgIpc) is 3.67. The van der Waals surface area contributed by atoms with Crippen molar-refractivity contribution >= 4 is 46.3 Å². The number of rotatable bonds is 7. The molecule has 2 heterocycles. The van der Waals surface area contributed by atoms with E-state index in [1.807, 2.05) is 51.1 Å². The summed E-state index contributed by atoms with van der Waals surface area (Å²) >= 11 is 5.85. The summed E-state index contributed by atoms with van der Waals surface area (Å²) in [5, 5.41) is 6.07. The molecule has 4 amide bonds. The number of ether oxygens (including phenoxy) is 1. The third kappa shape index (κ3) is 6.97. The number of urea groups is 1. The van der Waals surface area contributed by atoms with Crippen LogP contribution in [0, 0.1) is 5.82 Å². The van der Waals surface area contributed by atoms with E-state index in [2.05, 4.69) is 10.6 Å². The summed E-state index contributed by atoms with van der Waals surface area (Å²) in [6, 6.07) is 17.9. The molecule has 44 heavy (non-hydrogen) atoms. The van der Waals surface area contributed by atoms with E-state index < -0.39 is 35.4 Å². The zero-order valence-electron chi connectivity index (χ0n) is 24.7. The summed E-state index contributed by atoms with van der Waals surface area (Å²) in [6.45, 7) is 6.42. The van der Waals surface area contributed by atoms with Crippen LogP contribution in [-0.4, -0.2) is 46.0 Å². The predicted molar refractivity (Wildman–Crippen MR) is 166 cm³/mol. The van der Waals surface area contributed by atoms with Crippen molar-refractivity contribution in [3.63, 3.8) is 0 Å². The Hall–Kier alpha value is -4.57. The molecule has 1 aliphatic heterocycles. The maximum atomic E-state index is 14.3. The molecule has 1 atom stereocenters. The molecule has 3 aromatic carbocycles. The Labute approximate surface area is 259 Å². The maximum Gasteiger partial charge on any atom is 0.415 e. The van der Waals surface area contributed by atoms with Crippen LogP contribution in [0.3, 0.4) is 0 Å². The molecule has 4 aromatic rings. The van der Waals surface area contributed by atoms with Gasteiger partial charge in [0.25, 0.3) is 0 Å². The van der Waals surface area contributed by atoms with E-state index in [-0.39, 0.29) is 22.9 Å². The number of nitrogens with one attached hydrogen (secondary N) is 2. The number of amides is 4. The number of carbonyl (C=O) groups is 3. The summed E-state index contributed by atoms with van der Waals surface area (Å²) in [5.41, 5.74) is 1.42. The minimum atomic E-state index is -0.750. The molecule has 0 aliphatic carbocycles. The smallest absolute Gasteiger partial charge is 0.415 e. The van der Waals surface area contributed by atoms with Gasteiger partial charge in [-0.3, -0.25) is 9.69 Å². The molecular weight excluding hydrogens is 587 g/mol. The fraction of sp³-hybridized carbons (Fsp3) is 0.303. The molecule has 5 rings (SSSR count). The molecular formula is C33H34ClFN4O5. The van der Waals surface area contributed by atoms with Crippen LogP contribution in [0.5, 0.6) is 5.75 Å². The second-order valence-corrected chi connectivity index (χ2v) is 12.0. The van der Waals surface area contributed by atoms with Crippen LogP contribution in [0.15, 0.2) is 77.4 Å². The van der Waals surface area contributed by atoms with Gasteiger partial charge in [-0.05, 0) is 51.3 Å². The molecule has 1 saturated heterocycles. The number of fused-ring (bicyclic) bond motifs is 1. The van der Waals surface area contributed by atoms with Crippen molar-refractivity contribution in [3.05, 3.63) is 95.0 Å². The highest BCUT2D eigenvalue weighted by Gasteiger charge is 2.35. The van der Waals surface area contributed by atoms with Gasteiger partial charge in [0, 0.05) is 48.6 Å². The lowest BCUT2D eigenvalue weighted by molar-refractivity contribution is -0.119. The van der Waals surface area contributed by atoms with Gasteiger partial charge in [-0.2, -0.15) is 0 Å². The van der Waals surface area contributed by atoms with Gasteiger partial charge in [-0.25, -0.2) is 14.0 Å².